The molecule has 1 atom stereocenters. The van der Waals surface area contributed by atoms with Gasteiger partial charge in [-0.1, -0.05) is 46.6 Å². The first kappa shape index (κ1) is 20.9. The van der Waals surface area contributed by atoms with E-state index in [1.165, 1.54) is 5.56 Å². The van der Waals surface area contributed by atoms with Crippen LogP contribution in [0.4, 0.5) is 0 Å². The van der Waals surface area contributed by atoms with E-state index >= 15 is 0 Å². The average Bonchev–Trinajstić information content (AvgIpc) is 3.39. The van der Waals surface area contributed by atoms with Crippen molar-refractivity contribution in [3.63, 3.8) is 0 Å². The van der Waals surface area contributed by atoms with Gasteiger partial charge in [0.2, 0.25) is 11.7 Å². The van der Waals surface area contributed by atoms with Crippen molar-refractivity contribution in [3.8, 4) is 11.4 Å². The standard InChI is InChI=1S/C23H24ClN5O3/c1-15-3-5-17(6-4-15)21-25-22(32-26-21)16(2)28-11-9-27(10-12-28)14-29-19-8-7-18(24)13-20(19)31-23(29)30/h3-8,13,16H,9-12,14H2,1-2H3. The predicted molar refractivity (Wildman–Crippen MR) is 122 cm³/mol. The maximum absolute atomic E-state index is 12.3. The normalized spacial score (nSPS) is 16.6. The summed E-state index contributed by atoms with van der Waals surface area (Å²) in [6.07, 6.45) is 0. The SMILES string of the molecule is Cc1ccc(-c2noc(C(C)N3CCN(Cn4c(=O)oc5cc(Cl)ccc54)CC3)n2)cc1. The molecule has 1 fully saturated rings. The Labute approximate surface area is 190 Å². The molecule has 2 aromatic heterocycles. The number of hydrogen-bond acceptors (Lipinski definition) is 7. The van der Waals surface area contributed by atoms with Crippen LogP contribution in [0.5, 0.6) is 0 Å². The number of piperazine rings is 1. The lowest BCUT2D eigenvalue weighted by Gasteiger charge is -2.36. The zero-order valence-corrected chi connectivity index (χ0v) is 18.7. The van der Waals surface area contributed by atoms with Crippen LogP contribution in [0.2, 0.25) is 5.02 Å². The molecule has 166 valence electrons. The molecule has 0 N–H and O–H groups in total. The van der Waals surface area contributed by atoms with Gasteiger partial charge in [0.05, 0.1) is 18.2 Å². The highest BCUT2D eigenvalue weighted by atomic mass is 35.5. The van der Waals surface area contributed by atoms with Gasteiger partial charge in [0, 0.05) is 42.8 Å². The fourth-order valence-corrected chi connectivity index (χ4v) is 4.21. The van der Waals surface area contributed by atoms with Crippen LogP contribution in [0.1, 0.15) is 24.4 Å². The Morgan fingerprint density at radius 1 is 1.09 bits per heavy atom. The lowest BCUT2D eigenvalue weighted by atomic mass is 10.1. The van der Waals surface area contributed by atoms with Gasteiger partial charge >= 0.3 is 5.76 Å². The fraction of sp³-hybridized carbons (Fsp3) is 0.348. The number of aromatic nitrogens is 3. The molecule has 0 aliphatic carbocycles. The van der Waals surface area contributed by atoms with Gasteiger partial charge in [-0.15, -0.1) is 0 Å². The highest BCUT2D eigenvalue weighted by Gasteiger charge is 2.26. The summed E-state index contributed by atoms with van der Waals surface area (Å²) in [5.41, 5.74) is 3.40. The van der Waals surface area contributed by atoms with Crippen LogP contribution in [0, 0.1) is 6.92 Å². The molecule has 1 unspecified atom stereocenters. The second-order valence-electron chi connectivity index (χ2n) is 8.20. The number of hydrogen-bond donors (Lipinski definition) is 0. The van der Waals surface area contributed by atoms with Gasteiger partial charge in [0.25, 0.3) is 0 Å². The first-order valence-corrected chi connectivity index (χ1v) is 11.0. The molecular weight excluding hydrogens is 430 g/mol. The molecule has 8 nitrogen and oxygen atoms in total. The molecule has 0 saturated carbocycles. The van der Waals surface area contributed by atoms with Crippen LogP contribution in [0.25, 0.3) is 22.5 Å². The van der Waals surface area contributed by atoms with Crippen molar-refractivity contribution in [2.24, 2.45) is 0 Å². The van der Waals surface area contributed by atoms with Crippen LogP contribution in [0.15, 0.2) is 56.2 Å². The number of halogens is 1. The van der Waals surface area contributed by atoms with Crippen molar-refractivity contribution in [1.29, 1.82) is 0 Å². The number of aryl methyl sites for hydroxylation is 1. The van der Waals surface area contributed by atoms with Gasteiger partial charge in [0.15, 0.2) is 5.58 Å². The van der Waals surface area contributed by atoms with Crippen LogP contribution >= 0.6 is 11.6 Å². The summed E-state index contributed by atoms with van der Waals surface area (Å²) in [5, 5.41) is 4.71. The van der Waals surface area contributed by atoms with E-state index in [0.29, 0.717) is 29.0 Å². The Kier molecular flexibility index (Phi) is 5.58. The number of fused-ring (bicyclic) bond motifs is 1. The zero-order chi connectivity index (χ0) is 22.2. The Bertz CT molecular complexity index is 1290. The van der Waals surface area contributed by atoms with E-state index in [4.69, 9.17) is 20.5 Å². The van der Waals surface area contributed by atoms with E-state index in [1.807, 2.05) is 37.3 Å². The van der Waals surface area contributed by atoms with Gasteiger partial charge in [0.1, 0.15) is 0 Å². The van der Waals surface area contributed by atoms with Gasteiger partial charge in [-0.25, -0.2) is 4.79 Å². The molecule has 0 amide bonds. The van der Waals surface area contributed by atoms with E-state index < -0.39 is 0 Å². The molecule has 0 spiro atoms. The maximum atomic E-state index is 12.3. The summed E-state index contributed by atoms with van der Waals surface area (Å²) in [7, 11) is 0. The van der Waals surface area contributed by atoms with E-state index in [-0.39, 0.29) is 11.8 Å². The maximum Gasteiger partial charge on any atom is 0.421 e. The summed E-state index contributed by atoms with van der Waals surface area (Å²) in [4.78, 5) is 21.5. The molecule has 2 aromatic carbocycles. The van der Waals surface area contributed by atoms with Crippen molar-refractivity contribution in [1.82, 2.24) is 24.5 Å². The number of rotatable bonds is 5. The summed E-state index contributed by atoms with van der Waals surface area (Å²) in [6, 6.07) is 13.4. The minimum absolute atomic E-state index is 0.0171. The molecule has 32 heavy (non-hydrogen) atoms. The minimum atomic E-state index is -0.368. The highest BCUT2D eigenvalue weighted by molar-refractivity contribution is 6.31. The molecule has 3 heterocycles. The Balaban J connectivity index is 1.23. The smallest absolute Gasteiger partial charge is 0.408 e. The first-order chi connectivity index (χ1) is 15.5. The van der Waals surface area contributed by atoms with E-state index in [9.17, 15) is 4.79 Å². The van der Waals surface area contributed by atoms with Crippen molar-refractivity contribution in [2.75, 3.05) is 26.2 Å². The van der Waals surface area contributed by atoms with Crippen molar-refractivity contribution in [2.45, 2.75) is 26.6 Å². The predicted octanol–water partition coefficient (Wildman–Crippen LogP) is 3.94. The lowest BCUT2D eigenvalue weighted by Crippen LogP contribution is -2.48. The van der Waals surface area contributed by atoms with Crippen LogP contribution in [-0.4, -0.2) is 50.7 Å². The largest absolute Gasteiger partial charge is 0.421 e. The van der Waals surface area contributed by atoms with Gasteiger partial charge < -0.3 is 8.94 Å². The van der Waals surface area contributed by atoms with Crippen molar-refractivity contribution >= 4 is 22.7 Å². The fourth-order valence-electron chi connectivity index (χ4n) is 4.05. The summed E-state index contributed by atoms with van der Waals surface area (Å²) in [6.45, 7) is 7.91. The average molecular weight is 454 g/mol. The minimum Gasteiger partial charge on any atom is -0.408 e. The second kappa shape index (κ2) is 8.54. The molecule has 4 aromatic rings. The Hall–Kier alpha value is -2.94. The second-order valence-corrected chi connectivity index (χ2v) is 8.64. The third-order valence-electron chi connectivity index (χ3n) is 6.04. The molecular formula is C23H24ClN5O3. The third kappa shape index (κ3) is 4.09. The third-order valence-corrected chi connectivity index (χ3v) is 6.27. The number of benzene rings is 2. The van der Waals surface area contributed by atoms with E-state index in [1.54, 1.807) is 16.7 Å². The molecule has 0 bridgehead atoms. The Morgan fingerprint density at radius 3 is 2.59 bits per heavy atom. The summed E-state index contributed by atoms with van der Waals surface area (Å²) >= 11 is 6.01. The summed E-state index contributed by atoms with van der Waals surface area (Å²) in [5.74, 6) is 0.854. The zero-order valence-electron chi connectivity index (χ0n) is 18.0. The van der Waals surface area contributed by atoms with Crippen LogP contribution in [0.3, 0.4) is 0 Å². The van der Waals surface area contributed by atoms with Crippen LogP contribution < -0.4 is 5.76 Å². The quantitative estimate of drug-likeness (QED) is 0.452. The number of oxazole rings is 1. The van der Waals surface area contributed by atoms with Crippen molar-refractivity contribution in [3.05, 3.63) is 69.5 Å². The molecule has 5 rings (SSSR count). The van der Waals surface area contributed by atoms with Gasteiger partial charge in [-0.05, 0) is 26.0 Å². The molecule has 1 saturated heterocycles. The first-order valence-electron chi connectivity index (χ1n) is 10.6. The van der Waals surface area contributed by atoms with Crippen molar-refractivity contribution < 1.29 is 8.94 Å². The molecule has 0 radical (unpaired) electrons. The topological polar surface area (TPSA) is 80.5 Å². The number of nitrogens with zero attached hydrogens (tertiary/aromatic N) is 5. The van der Waals surface area contributed by atoms with E-state index in [0.717, 1.165) is 37.3 Å². The van der Waals surface area contributed by atoms with Crippen LogP contribution in [-0.2, 0) is 6.67 Å². The van der Waals surface area contributed by atoms with E-state index in [2.05, 4.69) is 26.9 Å². The lowest BCUT2D eigenvalue weighted by molar-refractivity contribution is 0.0710. The molecule has 1 aliphatic heterocycles. The molecule has 9 heteroatoms. The van der Waals surface area contributed by atoms with Gasteiger partial charge in [-0.3, -0.25) is 14.4 Å². The van der Waals surface area contributed by atoms with Gasteiger partial charge in [-0.2, -0.15) is 4.98 Å². The molecule has 1 aliphatic rings. The summed E-state index contributed by atoms with van der Waals surface area (Å²) < 4.78 is 12.6. The highest BCUT2D eigenvalue weighted by Crippen LogP contribution is 2.24. The monoisotopic (exact) mass is 453 g/mol. The Morgan fingerprint density at radius 2 is 1.84 bits per heavy atom.